The largest absolute Gasteiger partial charge is 0.465 e. The molecule has 2 bridgehead atoms. The zero-order valence-electron chi connectivity index (χ0n) is 11.3. The van der Waals surface area contributed by atoms with Crippen molar-refractivity contribution in [2.45, 2.75) is 24.0 Å². The van der Waals surface area contributed by atoms with E-state index in [0.29, 0.717) is 12.0 Å². The summed E-state index contributed by atoms with van der Waals surface area (Å²) in [7, 11) is 0. The summed E-state index contributed by atoms with van der Waals surface area (Å²) >= 11 is 0. The minimum absolute atomic E-state index is 0.184. The van der Waals surface area contributed by atoms with Crippen molar-refractivity contribution in [1.29, 1.82) is 0 Å². The van der Waals surface area contributed by atoms with Crippen LogP contribution in [-0.4, -0.2) is 51.6 Å². The number of halogens is 1. The van der Waals surface area contributed by atoms with Crippen LogP contribution in [0.1, 0.15) is 12.0 Å². The van der Waals surface area contributed by atoms with E-state index >= 15 is 0 Å². The molecule has 3 aliphatic rings. The van der Waals surface area contributed by atoms with E-state index in [4.69, 9.17) is 0 Å². The molecule has 2 N–H and O–H groups in total. The van der Waals surface area contributed by atoms with Crippen LogP contribution in [-0.2, 0) is 10.3 Å². The van der Waals surface area contributed by atoms with E-state index in [1.807, 2.05) is 0 Å². The first-order chi connectivity index (χ1) is 10.5. The lowest BCUT2D eigenvalue weighted by atomic mass is 9.82. The number of fused-ring (bicyclic) bond motifs is 5. The number of carbonyl (C=O) groups is 3. The number of nitrogens with zero attached hydrogens (tertiary/aromatic N) is 2. The first kappa shape index (κ1) is 13.1. The molecule has 4 rings (SSSR count). The van der Waals surface area contributed by atoms with E-state index in [2.05, 4.69) is 5.32 Å². The molecule has 3 fully saturated rings. The predicted octanol–water partition coefficient (Wildman–Crippen LogP) is 0.707. The van der Waals surface area contributed by atoms with E-state index in [-0.39, 0.29) is 12.6 Å². The summed E-state index contributed by atoms with van der Waals surface area (Å²) in [6.07, 6.45) is -0.719. The Morgan fingerprint density at radius 3 is 2.64 bits per heavy atom. The maximum Gasteiger partial charge on any atom is 0.407 e. The first-order valence-corrected chi connectivity index (χ1v) is 6.86. The topological polar surface area (TPSA) is 90.0 Å². The molecule has 22 heavy (non-hydrogen) atoms. The summed E-state index contributed by atoms with van der Waals surface area (Å²) in [4.78, 5) is 38.7. The fraction of sp³-hybridized carbons (Fsp3) is 0.357. The molecule has 0 radical (unpaired) electrons. The van der Waals surface area contributed by atoms with Gasteiger partial charge in [0.05, 0.1) is 12.1 Å². The number of urea groups is 1. The Morgan fingerprint density at radius 2 is 2.00 bits per heavy atom. The molecule has 1 aromatic rings. The van der Waals surface area contributed by atoms with Crippen molar-refractivity contribution in [1.82, 2.24) is 15.1 Å². The average Bonchev–Trinajstić information content (AvgIpc) is 3.10. The summed E-state index contributed by atoms with van der Waals surface area (Å²) in [5.41, 5.74) is -0.970. The second kappa shape index (κ2) is 3.96. The van der Waals surface area contributed by atoms with E-state index < -0.39 is 35.4 Å². The standard InChI is InChI=1S/C14H12FN3O4/c15-8-3-1-7(2-4-8)14-10-5-9(6-17(10)13(21)22)18(14)12(20)16-11(14)19/h1-4,9-10H,5-6H2,(H,21,22)(H,16,19,20). The number of carboxylic acid groups (broad SMARTS) is 1. The highest BCUT2D eigenvalue weighted by Crippen LogP contribution is 2.51. The van der Waals surface area contributed by atoms with Gasteiger partial charge in [-0.25, -0.2) is 14.0 Å². The Bertz CT molecular complexity index is 707. The Labute approximate surface area is 124 Å². The summed E-state index contributed by atoms with van der Waals surface area (Å²) in [5, 5.41) is 11.6. The molecule has 3 unspecified atom stereocenters. The van der Waals surface area contributed by atoms with E-state index in [1.165, 1.54) is 34.1 Å². The van der Waals surface area contributed by atoms with Gasteiger partial charge in [0.1, 0.15) is 5.82 Å². The molecule has 3 heterocycles. The normalized spacial score (nSPS) is 32.4. The van der Waals surface area contributed by atoms with E-state index in [1.54, 1.807) is 0 Å². The number of piperazine rings is 1. The van der Waals surface area contributed by atoms with Crippen LogP contribution in [0.2, 0.25) is 0 Å². The first-order valence-electron chi connectivity index (χ1n) is 6.86. The molecule has 0 saturated carbocycles. The minimum atomic E-state index is -1.40. The molecule has 0 aliphatic carbocycles. The zero-order valence-corrected chi connectivity index (χ0v) is 11.3. The third kappa shape index (κ3) is 1.32. The highest BCUT2D eigenvalue weighted by atomic mass is 19.1. The van der Waals surface area contributed by atoms with Crippen molar-refractivity contribution in [2.75, 3.05) is 6.54 Å². The maximum atomic E-state index is 13.2. The molecule has 8 heteroatoms. The van der Waals surface area contributed by atoms with E-state index in [9.17, 15) is 23.9 Å². The number of hydrogen-bond acceptors (Lipinski definition) is 3. The Balaban J connectivity index is 1.91. The number of likely N-dealkylation sites (tertiary alicyclic amines) is 1. The van der Waals surface area contributed by atoms with Crippen molar-refractivity contribution < 1.29 is 23.9 Å². The molecule has 0 spiro atoms. The van der Waals surface area contributed by atoms with Crippen LogP contribution in [0.15, 0.2) is 24.3 Å². The van der Waals surface area contributed by atoms with Gasteiger partial charge in [0.25, 0.3) is 5.91 Å². The van der Waals surface area contributed by atoms with Gasteiger partial charge in [-0.05, 0) is 24.1 Å². The minimum Gasteiger partial charge on any atom is -0.465 e. The predicted molar refractivity (Wildman–Crippen MR) is 70.4 cm³/mol. The van der Waals surface area contributed by atoms with Crippen LogP contribution in [0.25, 0.3) is 0 Å². The van der Waals surface area contributed by atoms with Crippen LogP contribution in [0.3, 0.4) is 0 Å². The number of carbonyl (C=O) groups excluding carboxylic acids is 2. The van der Waals surface area contributed by atoms with Crippen molar-refractivity contribution in [3.8, 4) is 0 Å². The molecule has 0 aromatic heterocycles. The van der Waals surface area contributed by atoms with Crippen LogP contribution in [0.5, 0.6) is 0 Å². The second-order valence-electron chi connectivity index (χ2n) is 5.74. The molecular formula is C14H12FN3O4. The number of benzene rings is 1. The molecule has 3 aliphatic heterocycles. The highest BCUT2D eigenvalue weighted by Gasteiger charge is 2.71. The van der Waals surface area contributed by atoms with Gasteiger partial charge in [-0.2, -0.15) is 0 Å². The number of nitrogens with one attached hydrogen (secondary N) is 1. The van der Waals surface area contributed by atoms with Gasteiger partial charge in [-0.1, -0.05) is 12.1 Å². The summed E-state index contributed by atoms with van der Waals surface area (Å²) in [5.74, 6) is -1.02. The number of hydrogen-bond donors (Lipinski definition) is 2. The quantitative estimate of drug-likeness (QED) is 0.748. The van der Waals surface area contributed by atoms with Crippen LogP contribution in [0.4, 0.5) is 14.0 Å². The maximum absolute atomic E-state index is 13.2. The number of amides is 4. The second-order valence-corrected chi connectivity index (χ2v) is 5.74. The van der Waals surface area contributed by atoms with Gasteiger partial charge < -0.3 is 5.11 Å². The van der Waals surface area contributed by atoms with Gasteiger partial charge in [0, 0.05) is 6.54 Å². The third-order valence-electron chi connectivity index (χ3n) is 4.82. The van der Waals surface area contributed by atoms with Crippen molar-refractivity contribution in [3.63, 3.8) is 0 Å². The molecule has 114 valence electrons. The molecule has 1 aromatic carbocycles. The van der Waals surface area contributed by atoms with Crippen molar-refractivity contribution in [2.24, 2.45) is 0 Å². The summed E-state index contributed by atoms with van der Waals surface area (Å²) in [6, 6.07) is 3.74. The molecule has 4 amide bonds. The molecule has 7 nitrogen and oxygen atoms in total. The highest BCUT2D eigenvalue weighted by molar-refractivity contribution is 6.09. The van der Waals surface area contributed by atoms with Gasteiger partial charge in [0.15, 0.2) is 5.54 Å². The summed E-state index contributed by atoms with van der Waals surface area (Å²) in [6.45, 7) is 0.184. The smallest absolute Gasteiger partial charge is 0.407 e. The fourth-order valence-corrected chi connectivity index (χ4v) is 4.06. The Morgan fingerprint density at radius 1 is 1.32 bits per heavy atom. The van der Waals surface area contributed by atoms with E-state index in [0.717, 1.165) is 0 Å². The fourth-order valence-electron chi connectivity index (χ4n) is 4.06. The Kier molecular flexibility index (Phi) is 2.35. The zero-order chi connectivity index (χ0) is 15.6. The molecular weight excluding hydrogens is 293 g/mol. The number of rotatable bonds is 1. The van der Waals surface area contributed by atoms with Crippen molar-refractivity contribution >= 4 is 18.0 Å². The lowest BCUT2D eigenvalue weighted by Gasteiger charge is -2.43. The van der Waals surface area contributed by atoms with Gasteiger partial charge in [0.2, 0.25) is 0 Å². The lowest BCUT2D eigenvalue weighted by molar-refractivity contribution is -0.130. The number of imide groups is 1. The Hall–Kier alpha value is -2.64. The van der Waals surface area contributed by atoms with Gasteiger partial charge in [-0.15, -0.1) is 0 Å². The van der Waals surface area contributed by atoms with Crippen LogP contribution >= 0.6 is 0 Å². The average molecular weight is 305 g/mol. The van der Waals surface area contributed by atoms with Gasteiger partial charge in [-0.3, -0.25) is 19.9 Å². The summed E-state index contributed by atoms with van der Waals surface area (Å²) < 4.78 is 13.2. The van der Waals surface area contributed by atoms with Gasteiger partial charge >= 0.3 is 12.1 Å². The molecule has 3 atom stereocenters. The monoisotopic (exact) mass is 305 g/mol. The molecule has 3 saturated heterocycles. The van der Waals surface area contributed by atoms with Crippen LogP contribution < -0.4 is 5.32 Å². The SMILES string of the molecule is O=C(O)N1CC2CC1C1(c3ccc(F)cc3)C(=O)NC(=O)N21. The lowest BCUT2D eigenvalue weighted by Crippen LogP contribution is -2.62. The van der Waals surface area contributed by atoms with Crippen LogP contribution in [0, 0.1) is 5.82 Å². The van der Waals surface area contributed by atoms with Crippen molar-refractivity contribution in [3.05, 3.63) is 35.6 Å². The third-order valence-corrected chi connectivity index (χ3v) is 4.82.